The van der Waals surface area contributed by atoms with E-state index in [0.717, 1.165) is 6.20 Å². The third-order valence-corrected chi connectivity index (χ3v) is 3.07. The summed E-state index contributed by atoms with van der Waals surface area (Å²) in [6.45, 7) is 3.89. The standard InChI is InChI=1S/C15H15F3N2/c1-3-19-15(12-7-5-10(16)8-20-12)11-6-4-9(2)13(17)14(11)18/h4-8,15,19H,3H2,1-2H3. The molecule has 0 bridgehead atoms. The molecule has 2 aromatic rings. The van der Waals surface area contributed by atoms with Gasteiger partial charge in [0, 0.05) is 5.56 Å². The summed E-state index contributed by atoms with van der Waals surface area (Å²) in [7, 11) is 0. The third-order valence-electron chi connectivity index (χ3n) is 3.07. The van der Waals surface area contributed by atoms with Crippen LogP contribution in [0.15, 0.2) is 30.5 Å². The van der Waals surface area contributed by atoms with Crippen molar-refractivity contribution in [3.05, 3.63) is 64.7 Å². The molecule has 1 atom stereocenters. The molecule has 2 rings (SSSR count). The highest BCUT2D eigenvalue weighted by Crippen LogP contribution is 2.26. The zero-order valence-electron chi connectivity index (χ0n) is 11.3. The Labute approximate surface area is 115 Å². The van der Waals surface area contributed by atoms with Gasteiger partial charge in [-0.25, -0.2) is 13.2 Å². The highest BCUT2D eigenvalue weighted by atomic mass is 19.2. The van der Waals surface area contributed by atoms with Crippen molar-refractivity contribution in [3.8, 4) is 0 Å². The van der Waals surface area contributed by atoms with Gasteiger partial charge in [0.1, 0.15) is 5.82 Å². The number of benzene rings is 1. The molecule has 0 saturated carbocycles. The summed E-state index contributed by atoms with van der Waals surface area (Å²) in [6.07, 6.45) is 1.06. The van der Waals surface area contributed by atoms with E-state index in [9.17, 15) is 13.2 Å². The summed E-state index contributed by atoms with van der Waals surface area (Å²) in [5.41, 5.74) is 0.845. The van der Waals surface area contributed by atoms with E-state index in [2.05, 4.69) is 10.3 Å². The number of aryl methyl sites for hydroxylation is 1. The first-order valence-corrected chi connectivity index (χ1v) is 6.34. The molecule has 0 aliphatic rings. The fraction of sp³-hybridized carbons (Fsp3) is 0.267. The van der Waals surface area contributed by atoms with Gasteiger partial charge in [-0.1, -0.05) is 19.1 Å². The van der Waals surface area contributed by atoms with Gasteiger partial charge in [0.05, 0.1) is 17.9 Å². The number of nitrogens with one attached hydrogen (secondary N) is 1. The summed E-state index contributed by atoms with van der Waals surface area (Å²) in [4.78, 5) is 3.94. The van der Waals surface area contributed by atoms with Crippen molar-refractivity contribution in [1.82, 2.24) is 10.3 Å². The number of hydrogen-bond acceptors (Lipinski definition) is 2. The molecule has 106 valence electrons. The van der Waals surface area contributed by atoms with E-state index in [1.165, 1.54) is 31.2 Å². The maximum absolute atomic E-state index is 14.1. The molecule has 5 heteroatoms. The lowest BCUT2D eigenvalue weighted by atomic mass is 10.0. The SMILES string of the molecule is CCNC(c1ccc(F)cn1)c1ccc(C)c(F)c1F. The summed E-state index contributed by atoms with van der Waals surface area (Å²) in [6, 6.07) is 5.12. The van der Waals surface area contributed by atoms with Crippen LogP contribution in [0.2, 0.25) is 0 Å². The van der Waals surface area contributed by atoms with Gasteiger partial charge in [-0.15, -0.1) is 0 Å². The second kappa shape index (κ2) is 6.05. The second-order valence-electron chi connectivity index (χ2n) is 4.49. The van der Waals surface area contributed by atoms with Gasteiger partial charge in [0.25, 0.3) is 0 Å². The Kier molecular flexibility index (Phi) is 4.39. The van der Waals surface area contributed by atoms with Crippen LogP contribution in [0.3, 0.4) is 0 Å². The number of aromatic nitrogens is 1. The van der Waals surface area contributed by atoms with Crippen LogP contribution in [-0.4, -0.2) is 11.5 Å². The Morgan fingerprint density at radius 2 is 1.85 bits per heavy atom. The molecule has 0 radical (unpaired) electrons. The summed E-state index contributed by atoms with van der Waals surface area (Å²) in [5, 5.41) is 3.03. The van der Waals surface area contributed by atoms with Gasteiger partial charge in [-0.05, 0) is 31.2 Å². The molecule has 2 nitrogen and oxygen atoms in total. The topological polar surface area (TPSA) is 24.9 Å². The first-order valence-electron chi connectivity index (χ1n) is 6.34. The molecule has 0 aliphatic carbocycles. The van der Waals surface area contributed by atoms with Gasteiger partial charge in [0.15, 0.2) is 11.6 Å². The quantitative estimate of drug-likeness (QED) is 0.927. The molecule has 1 aromatic carbocycles. The van der Waals surface area contributed by atoms with Gasteiger partial charge >= 0.3 is 0 Å². The molecule has 0 aliphatic heterocycles. The smallest absolute Gasteiger partial charge is 0.164 e. The molecular formula is C15H15F3N2. The summed E-state index contributed by atoms with van der Waals surface area (Å²) >= 11 is 0. The van der Waals surface area contributed by atoms with Crippen LogP contribution in [0, 0.1) is 24.4 Å². The minimum atomic E-state index is -0.901. The first kappa shape index (κ1) is 14.5. The Morgan fingerprint density at radius 3 is 2.45 bits per heavy atom. The van der Waals surface area contributed by atoms with Crippen molar-refractivity contribution in [2.45, 2.75) is 19.9 Å². The van der Waals surface area contributed by atoms with Crippen molar-refractivity contribution in [1.29, 1.82) is 0 Å². The van der Waals surface area contributed by atoms with Crippen molar-refractivity contribution in [2.75, 3.05) is 6.54 Å². The number of pyridine rings is 1. The number of hydrogen-bond donors (Lipinski definition) is 1. The molecule has 1 heterocycles. The molecule has 0 saturated heterocycles. The van der Waals surface area contributed by atoms with E-state index in [4.69, 9.17) is 0 Å². The molecule has 0 spiro atoms. The molecule has 0 amide bonds. The average molecular weight is 280 g/mol. The van der Waals surface area contributed by atoms with Crippen LogP contribution in [0.5, 0.6) is 0 Å². The highest BCUT2D eigenvalue weighted by Gasteiger charge is 2.21. The highest BCUT2D eigenvalue weighted by molar-refractivity contribution is 5.32. The lowest BCUT2D eigenvalue weighted by Gasteiger charge is -2.19. The van der Waals surface area contributed by atoms with Gasteiger partial charge < -0.3 is 5.32 Å². The van der Waals surface area contributed by atoms with Crippen LogP contribution in [-0.2, 0) is 0 Å². The summed E-state index contributed by atoms with van der Waals surface area (Å²) < 4.78 is 40.7. The maximum Gasteiger partial charge on any atom is 0.164 e. The molecule has 1 aromatic heterocycles. The van der Waals surface area contributed by atoms with E-state index < -0.39 is 23.5 Å². The molecule has 1 N–H and O–H groups in total. The summed E-state index contributed by atoms with van der Waals surface area (Å²) in [5.74, 6) is -2.24. The predicted molar refractivity (Wildman–Crippen MR) is 70.8 cm³/mol. The third kappa shape index (κ3) is 2.82. The van der Waals surface area contributed by atoms with E-state index in [1.54, 1.807) is 0 Å². The fourth-order valence-corrected chi connectivity index (χ4v) is 2.02. The van der Waals surface area contributed by atoms with Crippen LogP contribution in [0.1, 0.15) is 29.8 Å². The Bertz CT molecular complexity index is 597. The lowest BCUT2D eigenvalue weighted by Crippen LogP contribution is -2.24. The minimum absolute atomic E-state index is 0.161. The second-order valence-corrected chi connectivity index (χ2v) is 4.49. The average Bonchev–Trinajstić information content (AvgIpc) is 2.44. The first-order chi connectivity index (χ1) is 9.54. The van der Waals surface area contributed by atoms with Crippen molar-refractivity contribution < 1.29 is 13.2 Å². The Morgan fingerprint density at radius 1 is 1.10 bits per heavy atom. The Hall–Kier alpha value is -1.88. The van der Waals surface area contributed by atoms with Crippen LogP contribution in [0.25, 0.3) is 0 Å². The van der Waals surface area contributed by atoms with E-state index in [1.807, 2.05) is 6.92 Å². The van der Waals surface area contributed by atoms with E-state index in [0.29, 0.717) is 12.2 Å². The zero-order valence-corrected chi connectivity index (χ0v) is 11.3. The normalized spacial score (nSPS) is 12.4. The van der Waals surface area contributed by atoms with Crippen LogP contribution >= 0.6 is 0 Å². The van der Waals surface area contributed by atoms with Crippen molar-refractivity contribution in [2.24, 2.45) is 0 Å². The maximum atomic E-state index is 14.1. The van der Waals surface area contributed by atoms with Gasteiger partial charge in [-0.2, -0.15) is 0 Å². The van der Waals surface area contributed by atoms with Crippen molar-refractivity contribution >= 4 is 0 Å². The van der Waals surface area contributed by atoms with Crippen molar-refractivity contribution in [3.63, 3.8) is 0 Å². The zero-order chi connectivity index (χ0) is 14.7. The number of rotatable bonds is 4. The predicted octanol–water partition coefficient (Wildman–Crippen LogP) is 3.51. The van der Waals surface area contributed by atoms with Gasteiger partial charge in [0.2, 0.25) is 0 Å². The van der Waals surface area contributed by atoms with Gasteiger partial charge in [-0.3, -0.25) is 4.98 Å². The molecular weight excluding hydrogens is 265 g/mol. The minimum Gasteiger partial charge on any atom is -0.305 e. The van der Waals surface area contributed by atoms with Crippen LogP contribution < -0.4 is 5.32 Å². The molecule has 1 unspecified atom stereocenters. The largest absolute Gasteiger partial charge is 0.305 e. The van der Waals surface area contributed by atoms with E-state index >= 15 is 0 Å². The fourth-order valence-electron chi connectivity index (χ4n) is 2.02. The lowest BCUT2D eigenvalue weighted by molar-refractivity contribution is 0.476. The Balaban J connectivity index is 2.48. The molecule has 20 heavy (non-hydrogen) atoms. The van der Waals surface area contributed by atoms with E-state index in [-0.39, 0.29) is 11.1 Å². The molecule has 0 fully saturated rings. The van der Waals surface area contributed by atoms with Crippen LogP contribution in [0.4, 0.5) is 13.2 Å². The number of halogens is 3. The monoisotopic (exact) mass is 280 g/mol. The number of nitrogens with zero attached hydrogens (tertiary/aromatic N) is 1.